The molecule has 0 radical (unpaired) electrons. The zero-order chi connectivity index (χ0) is 6.27. The summed E-state index contributed by atoms with van der Waals surface area (Å²) in [5, 5.41) is 7.86. The van der Waals surface area contributed by atoms with Gasteiger partial charge in [-0.1, -0.05) is 0 Å². The number of hydrogen-bond acceptors (Lipinski definition) is 3. The predicted octanol–water partition coefficient (Wildman–Crippen LogP) is 0.0841. The molecule has 0 amide bonds. The van der Waals surface area contributed by atoms with E-state index < -0.39 is 0 Å². The van der Waals surface area contributed by atoms with Crippen molar-refractivity contribution in [2.75, 3.05) is 0 Å². The fraction of sp³-hybridized carbons (Fsp3) is 0. The minimum Gasteiger partial charge on any atom is -0.246 e. The van der Waals surface area contributed by atoms with E-state index >= 15 is 0 Å². The SMILES string of the molecule is O=c1[nH]nc2sccn12. The highest BCUT2D eigenvalue weighted by Crippen LogP contribution is 2.02. The largest absolute Gasteiger partial charge is 0.348 e. The first kappa shape index (κ1) is 4.75. The van der Waals surface area contributed by atoms with Crippen LogP contribution in [0.15, 0.2) is 16.4 Å². The molecule has 46 valence electrons. The Bertz CT molecular complexity index is 370. The van der Waals surface area contributed by atoms with Crippen molar-refractivity contribution in [1.29, 1.82) is 0 Å². The van der Waals surface area contributed by atoms with E-state index in [-0.39, 0.29) is 5.69 Å². The summed E-state index contributed by atoms with van der Waals surface area (Å²) < 4.78 is 1.46. The fourth-order valence-electron chi connectivity index (χ4n) is 0.657. The molecule has 1 N–H and O–H groups in total. The second kappa shape index (κ2) is 1.44. The van der Waals surface area contributed by atoms with E-state index in [1.54, 1.807) is 6.20 Å². The van der Waals surface area contributed by atoms with Gasteiger partial charge < -0.3 is 0 Å². The molecule has 0 aromatic carbocycles. The normalized spacial score (nSPS) is 10.7. The number of hydrogen-bond donors (Lipinski definition) is 1. The molecule has 0 aliphatic carbocycles. The third-order valence-corrected chi connectivity index (χ3v) is 1.81. The van der Waals surface area contributed by atoms with E-state index in [4.69, 9.17) is 0 Å². The van der Waals surface area contributed by atoms with Crippen molar-refractivity contribution in [3.8, 4) is 0 Å². The molecule has 0 atom stereocenters. The van der Waals surface area contributed by atoms with Crippen LogP contribution in [-0.2, 0) is 0 Å². The van der Waals surface area contributed by atoms with Crippen molar-refractivity contribution in [2.24, 2.45) is 0 Å². The maximum Gasteiger partial charge on any atom is 0.348 e. The topological polar surface area (TPSA) is 50.2 Å². The van der Waals surface area contributed by atoms with Crippen molar-refractivity contribution >= 4 is 16.3 Å². The lowest BCUT2D eigenvalue weighted by Gasteiger charge is -1.68. The Morgan fingerprint density at radius 2 is 2.67 bits per heavy atom. The number of rotatable bonds is 0. The zero-order valence-electron chi connectivity index (χ0n) is 4.37. The predicted molar refractivity (Wildman–Crippen MR) is 33.7 cm³/mol. The molecule has 9 heavy (non-hydrogen) atoms. The van der Waals surface area contributed by atoms with Crippen LogP contribution in [0.2, 0.25) is 0 Å². The zero-order valence-corrected chi connectivity index (χ0v) is 5.18. The minimum absolute atomic E-state index is 0.175. The van der Waals surface area contributed by atoms with Gasteiger partial charge in [-0.15, -0.1) is 16.4 Å². The van der Waals surface area contributed by atoms with Crippen LogP contribution in [0, 0.1) is 0 Å². The second-order valence-electron chi connectivity index (χ2n) is 1.58. The highest BCUT2D eigenvalue weighted by Gasteiger charge is 1.96. The summed E-state index contributed by atoms with van der Waals surface area (Å²) in [6.07, 6.45) is 1.69. The third-order valence-electron chi connectivity index (χ3n) is 1.06. The fourth-order valence-corrected chi connectivity index (χ4v) is 1.32. The van der Waals surface area contributed by atoms with E-state index in [0.29, 0.717) is 4.96 Å². The van der Waals surface area contributed by atoms with Crippen LogP contribution >= 0.6 is 11.3 Å². The Labute approximate surface area is 53.8 Å². The van der Waals surface area contributed by atoms with Crippen molar-refractivity contribution < 1.29 is 0 Å². The van der Waals surface area contributed by atoms with Gasteiger partial charge >= 0.3 is 5.69 Å². The minimum atomic E-state index is -0.175. The molecule has 2 rings (SSSR count). The molecule has 0 aliphatic heterocycles. The lowest BCUT2D eigenvalue weighted by molar-refractivity contribution is 1.02. The number of nitrogens with zero attached hydrogens (tertiary/aromatic N) is 2. The van der Waals surface area contributed by atoms with E-state index in [1.165, 1.54) is 15.7 Å². The Hall–Kier alpha value is -1.10. The van der Waals surface area contributed by atoms with E-state index in [1.807, 2.05) is 5.38 Å². The first-order valence-electron chi connectivity index (χ1n) is 2.38. The summed E-state index contributed by atoms with van der Waals surface area (Å²) in [4.78, 5) is 11.4. The molecule has 0 saturated heterocycles. The van der Waals surface area contributed by atoms with Crippen LogP contribution in [-0.4, -0.2) is 14.6 Å². The standard InChI is InChI=1S/C4H3N3OS/c8-3-5-6-4-7(3)1-2-9-4/h1-2H,(H,5,8). The lowest BCUT2D eigenvalue weighted by atomic mass is 10.9. The molecule has 0 spiro atoms. The van der Waals surface area contributed by atoms with E-state index in [9.17, 15) is 4.79 Å². The van der Waals surface area contributed by atoms with Gasteiger partial charge in [-0.3, -0.25) is 0 Å². The molecule has 0 saturated carbocycles. The van der Waals surface area contributed by atoms with Gasteiger partial charge in [0.25, 0.3) is 0 Å². The van der Waals surface area contributed by atoms with Crippen molar-refractivity contribution in [3.05, 3.63) is 22.1 Å². The number of fused-ring (bicyclic) bond motifs is 1. The molecule has 2 aromatic rings. The number of H-pyrrole nitrogens is 1. The average Bonchev–Trinajstić information content (AvgIpc) is 2.35. The second-order valence-corrected chi connectivity index (χ2v) is 2.46. The van der Waals surface area contributed by atoms with E-state index in [2.05, 4.69) is 10.2 Å². The van der Waals surface area contributed by atoms with Crippen LogP contribution in [0.3, 0.4) is 0 Å². The van der Waals surface area contributed by atoms with Gasteiger partial charge in [0.2, 0.25) is 4.96 Å². The molecule has 4 nitrogen and oxygen atoms in total. The average molecular weight is 141 g/mol. The van der Waals surface area contributed by atoms with Gasteiger partial charge in [0.1, 0.15) is 0 Å². The summed E-state index contributed by atoms with van der Waals surface area (Å²) in [6.45, 7) is 0. The highest BCUT2D eigenvalue weighted by molar-refractivity contribution is 7.15. The molecule has 0 unspecified atom stereocenters. The van der Waals surface area contributed by atoms with Crippen LogP contribution in [0.25, 0.3) is 4.96 Å². The van der Waals surface area contributed by atoms with Gasteiger partial charge in [0.15, 0.2) is 0 Å². The molecular formula is C4H3N3OS. The van der Waals surface area contributed by atoms with Crippen LogP contribution in [0.5, 0.6) is 0 Å². The molecule has 2 aromatic heterocycles. The molecule has 0 aliphatic rings. The molecule has 0 bridgehead atoms. The lowest BCUT2D eigenvalue weighted by Crippen LogP contribution is -2.06. The maximum atomic E-state index is 10.7. The summed E-state index contributed by atoms with van der Waals surface area (Å²) in [7, 11) is 0. The van der Waals surface area contributed by atoms with Gasteiger partial charge in [-0.25, -0.2) is 14.3 Å². The Morgan fingerprint density at radius 1 is 1.78 bits per heavy atom. The Kier molecular flexibility index (Phi) is 0.762. The van der Waals surface area contributed by atoms with Crippen LogP contribution in [0.4, 0.5) is 0 Å². The van der Waals surface area contributed by atoms with Gasteiger partial charge in [-0.05, 0) is 0 Å². The maximum absolute atomic E-state index is 10.7. The van der Waals surface area contributed by atoms with Gasteiger partial charge in [0.05, 0.1) is 0 Å². The summed E-state index contributed by atoms with van der Waals surface area (Å²) in [5.41, 5.74) is -0.175. The number of nitrogens with one attached hydrogen (secondary N) is 1. The smallest absolute Gasteiger partial charge is 0.246 e. The van der Waals surface area contributed by atoms with E-state index in [0.717, 1.165) is 0 Å². The third kappa shape index (κ3) is 0.517. The van der Waals surface area contributed by atoms with Gasteiger partial charge in [-0.2, -0.15) is 0 Å². The first-order chi connectivity index (χ1) is 4.38. The number of aromatic amines is 1. The summed E-state index contributed by atoms with van der Waals surface area (Å²) >= 11 is 1.43. The number of thiazole rings is 1. The summed E-state index contributed by atoms with van der Waals surface area (Å²) in [5.74, 6) is 0. The highest BCUT2D eigenvalue weighted by atomic mass is 32.1. The van der Waals surface area contributed by atoms with Crippen LogP contribution < -0.4 is 5.69 Å². The summed E-state index contributed by atoms with van der Waals surface area (Å²) in [6, 6.07) is 0. The molecule has 5 heteroatoms. The molecule has 2 heterocycles. The molecule has 0 fully saturated rings. The quantitative estimate of drug-likeness (QED) is 0.565. The Balaban J connectivity index is 3.17. The number of aromatic nitrogens is 3. The first-order valence-corrected chi connectivity index (χ1v) is 3.26. The van der Waals surface area contributed by atoms with Crippen molar-refractivity contribution in [2.45, 2.75) is 0 Å². The van der Waals surface area contributed by atoms with Gasteiger partial charge in [0, 0.05) is 11.6 Å². The van der Waals surface area contributed by atoms with Crippen molar-refractivity contribution in [1.82, 2.24) is 14.6 Å². The van der Waals surface area contributed by atoms with Crippen LogP contribution in [0.1, 0.15) is 0 Å². The van der Waals surface area contributed by atoms with Crippen molar-refractivity contribution in [3.63, 3.8) is 0 Å². The Morgan fingerprint density at radius 3 is 3.44 bits per heavy atom. The monoisotopic (exact) mass is 141 g/mol. The molecular weight excluding hydrogens is 138 g/mol.